The first kappa shape index (κ1) is 12.4. The Bertz CT molecular complexity index is 604. The highest BCUT2D eigenvalue weighted by Crippen LogP contribution is 2.24. The van der Waals surface area contributed by atoms with Crippen LogP contribution in [-0.4, -0.2) is 31.8 Å². The number of carboxylic acid groups (broad SMARTS) is 1. The van der Waals surface area contributed by atoms with Gasteiger partial charge in [-0.2, -0.15) is 0 Å². The van der Waals surface area contributed by atoms with Gasteiger partial charge < -0.3 is 14.8 Å². The summed E-state index contributed by atoms with van der Waals surface area (Å²) in [4.78, 5) is 16.7. The lowest BCUT2D eigenvalue weighted by Gasteiger charge is -2.21. The predicted molar refractivity (Wildman–Crippen MR) is 70.6 cm³/mol. The quantitative estimate of drug-likeness (QED) is 0.893. The molecule has 0 bridgehead atoms. The molecule has 0 saturated heterocycles. The minimum absolute atomic E-state index is 0.0882. The van der Waals surface area contributed by atoms with Gasteiger partial charge in [-0.15, -0.1) is 11.3 Å². The molecule has 3 heterocycles. The fourth-order valence-corrected chi connectivity index (χ4v) is 3.19. The fraction of sp³-hybridized carbons (Fsp3) is 0.385. The number of fused-ring (bicyclic) bond motifs is 1. The normalized spacial score (nSPS) is 18.3. The number of nitrogens with zero attached hydrogens (tertiary/aromatic N) is 2. The van der Waals surface area contributed by atoms with Gasteiger partial charge in [0, 0.05) is 24.3 Å². The van der Waals surface area contributed by atoms with Crippen LogP contribution in [0.4, 0.5) is 0 Å². The number of imidazole rings is 1. The number of aromatic carboxylic acids is 1. The summed E-state index contributed by atoms with van der Waals surface area (Å²) in [5.74, 6) is -0.239. The van der Waals surface area contributed by atoms with Gasteiger partial charge in [0.1, 0.15) is 5.82 Å². The third-order valence-electron chi connectivity index (χ3n) is 3.38. The largest absolute Gasteiger partial charge is 0.476 e. The van der Waals surface area contributed by atoms with Crippen molar-refractivity contribution in [3.8, 4) is 0 Å². The second kappa shape index (κ2) is 4.79. The molecule has 0 aliphatic carbocycles. The van der Waals surface area contributed by atoms with E-state index in [1.807, 2.05) is 22.1 Å². The van der Waals surface area contributed by atoms with E-state index >= 15 is 0 Å². The summed E-state index contributed by atoms with van der Waals surface area (Å²) in [5, 5.41) is 20.9. The van der Waals surface area contributed by atoms with Crippen LogP contribution < -0.4 is 0 Å². The van der Waals surface area contributed by atoms with Crippen LogP contribution >= 0.6 is 11.3 Å². The van der Waals surface area contributed by atoms with E-state index in [1.165, 1.54) is 0 Å². The molecule has 0 radical (unpaired) electrons. The van der Waals surface area contributed by atoms with Crippen molar-refractivity contribution in [3.05, 3.63) is 39.6 Å². The Morgan fingerprint density at radius 3 is 3.11 bits per heavy atom. The van der Waals surface area contributed by atoms with Crippen LogP contribution in [0.1, 0.15) is 33.3 Å². The summed E-state index contributed by atoms with van der Waals surface area (Å²) in [6.07, 6.45) is 1.21. The third kappa shape index (κ3) is 2.29. The Hall–Kier alpha value is -1.66. The first-order valence-corrected chi connectivity index (χ1v) is 7.05. The number of aliphatic hydroxyl groups excluding tert-OH is 1. The summed E-state index contributed by atoms with van der Waals surface area (Å²) in [7, 11) is 0. The maximum Gasteiger partial charge on any atom is 0.356 e. The molecule has 5 nitrogen and oxygen atoms in total. The molecule has 2 aromatic rings. The molecule has 3 rings (SSSR count). The molecule has 1 atom stereocenters. The summed E-state index contributed by atoms with van der Waals surface area (Å²) < 4.78 is 1.95. The molecule has 0 amide bonds. The number of carbonyl (C=O) groups is 1. The maximum atomic E-state index is 11.2. The molecule has 2 N–H and O–H groups in total. The number of rotatable bonds is 3. The number of carboxylic acids is 1. The van der Waals surface area contributed by atoms with Gasteiger partial charge in [-0.1, -0.05) is 6.07 Å². The fourth-order valence-electron chi connectivity index (χ4n) is 2.49. The van der Waals surface area contributed by atoms with Crippen molar-refractivity contribution in [2.45, 2.75) is 31.9 Å². The predicted octanol–water partition coefficient (Wildman–Crippen LogP) is 1.54. The smallest absolute Gasteiger partial charge is 0.356 e. The van der Waals surface area contributed by atoms with Gasteiger partial charge in [-0.3, -0.25) is 0 Å². The first-order valence-electron chi connectivity index (χ1n) is 6.17. The van der Waals surface area contributed by atoms with E-state index in [0.717, 1.165) is 10.7 Å². The SMILES string of the molecule is O=C(O)c1nc(Cc2cccs2)n2c1CC(O)CC2. The topological polar surface area (TPSA) is 75.3 Å². The molecule has 6 heteroatoms. The van der Waals surface area contributed by atoms with Crippen LogP contribution in [0.25, 0.3) is 0 Å². The van der Waals surface area contributed by atoms with E-state index in [2.05, 4.69) is 4.98 Å². The number of hydrogen-bond donors (Lipinski definition) is 2. The van der Waals surface area contributed by atoms with Gasteiger partial charge in [0.2, 0.25) is 0 Å². The van der Waals surface area contributed by atoms with E-state index in [-0.39, 0.29) is 5.69 Å². The molecule has 19 heavy (non-hydrogen) atoms. The van der Waals surface area contributed by atoms with Gasteiger partial charge >= 0.3 is 5.97 Å². The number of aromatic nitrogens is 2. The Balaban J connectivity index is 2.01. The molecule has 1 aliphatic rings. The molecule has 0 fully saturated rings. The molecule has 0 saturated carbocycles. The van der Waals surface area contributed by atoms with E-state index < -0.39 is 12.1 Å². The van der Waals surface area contributed by atoms with Crippen molar-refractivity contribution in [3.63, 3.8) is 0 Å². The number of aliphatic hydroxyl groups is 1. The lowest BCUT2D eigenvalue weighted by Crippen LogP contribution is -2.25. The second-order valence-electron chi connectivity index (χ2n) is 4.68. The van der Waals surface area contributed by atoms with E-state index in [9.17, 15) is 15.0 Å². The lowest BCUT2D eigenvalue weighted by molar-refractivity contribution is 0.0687. The van der Waals surface area contributed by atoms with Crippen molar-refractivity contribution in [1.29, 1.82) is 0 Å². The van der Waals surface area contributed by atoms with Crippen LogP contribution in [0.3, 0.4) is 0 Å². The van der Waals surface area contributed by atoms with Crippen molar-refractivity contribution in [1.82, 2.24) is 9.55 Å². The Morgan fingerprint density at radius 2 is 2.42 bits per heavy atom. The maximum absolute atomic E-state index is 11.2. The second-order valence-corrected chi connectivity index (χ2v) is 5.72. The zero-order valence-corrected chi connectivity index (χ0v) is 11.1. The molecule has 0 aromatic carbocycles. The Kier molecular flexibility index (Phi) is 3.12. The highest BCUT2D eigenvalue weighted by molar-refractivity contribution is 7.09. The van der Waals surface area contributed by atoms with Crippen LogP contribution in [0, 0.1) is 0 Å². The summed E-state index contributed by atoms with van der Waals surface area (Å²) in [6, 6.07) is 3.99. The molecular weight excluding hydrogens is 264 g/mol. The molecular formula is C13H14N2O3S. The Labute approximate surface area is 114 Å². The van der Waals surface area contributed by atoms with Crippen LogP contribution in [-0.2, 0) is 19.4 Å². The van der Waals surface area contributed by atoms with Crippen molar-refractivity contribution >= 4 is 17.3 Å². The summed E-state index contributed by atoms with van der Waals surface area (Å²) in [5.41, 5.74) is 0.739. The molecule has 100 valence electrons. The number of hydrogen-bond acceptors (Lipinski definition) is 4. The molecule has 2 aromatic heterocycles. The van der Waals surface area contributed by atoms with Gasteiger partial charge in [0.25, 0.3) is 0 Å². The highest BCUT2D eigenvalue weighted by atomic mass is 32.1. The monoisotopic (exact) mass is 278 g/mol. The van der Waals surface area contributed by atoms with E-state index in [0.29, 0.717) is 31.5 Å². The molecule has 1 aliphatic heterocycles. The van der Waals surface area contributed by atoms with Gasteiger partial charge in [0.05, 0.1) is 11.8 Å². The average molecular weight is 278 g/mol. The van der Waals surface area contributed by atoms with Crippen LogP contribution in [0.2, 0.25) is 0 Å². The van der Waals surface area contributed by atoms with Crippen LogP contribution in [0.15, 0.2) is 17.5 Å². The zero-order chi connectivity index (χ0) is 13.4. The lowest BCUT2D eigenvalue weighted by atomic mass is 10.1. The van der Waals surface area contributed by atoms with Gasteiger partial charge in [0.15, 0.2) is 5.69 Å². The van der Waals surface area contributed by atoms with Crippen molar-refractivity contribution in [2.75, 3.05) is 0 Å². The Morgan fingerprint density at radius 1 is 1.58 bits per heavy atom. The summed E-state index contributed by atoms with van der Waals surface area (Å²) in [6.45, 7) is 0.636. The van der Waals surface area contributed by atoms with Crippen molar-refractivity contribution < 1.29 is 15.0 Å². The van der Waals surface area contributed by atoms with Crippen molar-refractivity contribution in [2.24, 2.45) is 0 Å². The molecule has 1 unspecified atom stereocenters. The number of thiophene rings is 1. The molecule has 0 spiro atoms. The van der Waals surface area contributed by atoms with Crippen LogP contribution in [0.5, 0.6) is 0 Å². The standard InChI is InChI=1S/C13H14N2O3S/c16-8-3-4-15-10(6-8)12(13(17)18)14-11(15)7-9-2-1-5-19-9/h1-2,5,8,16H,3-4,6-7H2,(H,17,18). The van der Waals surface area contributed by atoms with Gasteiger partial charge in [-0.25, -0.2) is 9.78 Å². The van der Waals surface area contributed by atoms with E-state index in [4.69, 9.17) is 0 Å². The van der Waals surface area contributed by atoms with Gasteiger partial charge in [-0.05, 0) is 17.9 Å². The first-order chi connectivity index (χ1) is 9.15. The average Bonchev–Trinajstić information content (AvgIpc) is 2.97. The minimum Gasteiger partial charge on any atom is -0.476 e. The third-order valence-corrected chi connectivity index (χ3v) is 4.26. The highest BCUT2D eigenvalue weighted by Gasteiger charge is 2.27. The van der Waals surface area contributed by atoms with E-state index in [1.54, 1.807) is 11.3 Å². The summed E-state index contributed by atoms with van der Waals surface area (Å²) >= 11 is 1.64. The minimum atomic E-state index is -1.02. The zero-order valence-electron chi connectivity index (χ0n) is 10.2.